The normalized spacial score (nSPS) is 15.4. The van der Waals surface area contributed by atoms with E-state index >= 15 is 0 Å². The molecule has 6 heteroatoms. The SMILES string of the molecule is O=C(Nc1ccc(Cl)cc1Cl)C1CCN(c2cccc(Cl)c2)CC1. The van der Waals surface area contributed by atoms with Gasteiger partial charge in [0.1, 0.15) is 0 Å². The van der Waals surface area contributed by atoms with Gasteiger partial charge in [0.05, 0.1) is 10.7 Å². The highest BCUT2D eigenvalue weighted by molar-refractivity contribution is 6.36. The summed E-state index contributed by atoms with van der Waals surface area (Å²) in [6, 6.07) is 12.9. The van der Waals surface area contributed by atoms with E-state index in [4.69, 9.17) is 34.8 Å². The van der Waals surface area contributed by atoms with Crippen molar-refractivity contribution in [2.75, 3.05) is 23.3 Å². The highest BCUT2D eigenvalue weighted by Crippen LogP contribution is 2.29. The van der Waals surface area contributed by atoms with E-state index in [0.717, 1.165) is 36.6 Å². The summed E-state index contributed by atoms with van der Waals surface area (Å²) < 4.78 is 0. The number of hydrogen-bond acceptors (Lipinski definition) is 2. The first-order valence-corrected chi connectivity index (χ1v) is 8.93. The van der Waals surface area contributed by atoms with Crippen molar-refractivity contribution in [3.8, 4) is 0 Å². The Balaban J connectivity index is 1.59. The third kappa shape index (κ3) is 4.15. The fourth-order valence-electron chi connectivity index (χ4n) is 2.90. The van der Waals surface area contributed by atoms with Crippen LogP contribution in [0.5, 0.6) is 0 Å². The van der Waals surface area contributed by atoms with Crippen molar-refractivity contribution in [1.82, 2.24) is 0 Å². The fraction of sp³-hybridized carbons (Fsp3) is 0.278. The monoisotopic (exact) mass is 382 g/mol. The molecule has 126 valence electrons. The maximum Gasteiger partial charge on any atom is 0.227 e. The first-order valence-electron chi connectivity index (χ1n) is 7.79. The number of piperidine rings is 1. The largest absolute Gasteiger partial charge is 0.371 e. The molecule has 0 aromatic heterocycles. The molecule has 2 aromatic carbocycles. The molecule has 0 bridgehead atoms. The van der Waals surface area contributed by atoms with Gasteiger partial charge in [0, 0.05) is 34.7 Å². The molecule has 0 spiro atoms. The lowest BCUT2D eigenvalue weighted by Gasteiger charge is -2.33. The first-order chi connectivity index (χ1) is 11.5. The molecular weight excluding hydrogens is 367 g/mol. The Hall–Kier alpha value is -1.42. The van der Waals surface area contributed by atoms with Crippen LogP contribution in [0.3, 0.4) is 0 Å². The Bertz CT molecular complexity index is 743. The van der Waals surface area contributed by atoms with Gasteiger partial charge in [-0.15, -0.1) is 0 Å². The summed E-state index contributed by atoms with van der Waals surface area (Å²) in [5, 5.41) is 4.63. The summed E-state index contributed by atoms with van der Waals surface area (Å²) in [6.07, 6.45) is 1.59. The number of carbonyl (C=O) groups excluding carboxylic acids is 1. The summed E-state index contributed by atoms with van der Waals surface area (Å²) in [6.45, 7) is 1.65. The summed E-state index contributed by atoms with van der Waals surface area (Å²) in [5.41, 5.74) is 1.70. The second kappa shape index (κ2) is 7.64. The minimum absolute atomic E-state index is 0.00460. The zero-order valence-electron chi connectivity index (χ0n) is 12.9. The highest BCUT2D eigenvalue weighted by atomic mass is 35.5. The van der Waals surface area contributed by atoms with Crippen LogP contribution in [0.15, 0.2) is 42.5 Å². The average Bonchev–Trinajstić information content (AvgIpc) is 2.57. The molecule has 3 nitrogen and oxygen atoms in total. The molecular formula is C18H17Cl3N2O. The standard InChI is InChI=1S/C18H17Cl3N2O/c19-13-2-1-3-15(10-13)23-8-6-12(7-9-23)18(24)22-17-5-4-14(20)11-16(17)21/h1-5,10-12H,6-9H2,(H,22,24). The summed E-state index contributed by atoms with van der Waals surface area (Å²) >= 11 is 18.0. The van der Waals surface area contributed by atoms with Crippen LogP contribution in [-0.2, 0) is 4.79 Å². The second-order valence-electron chi connectivity index (χ2n) is 5.85. The predicted octanol–water partition coefficient (Wildman–Crippen LogP) is 5.50. The van der Waals surface area contributed by atoms with E-state index in [1.165, 1.54) is 0 Å². The van der Waals surface area contributed by atoms with Crippen molar-refractivity contribution >= 4 is 52.1 Å². The van der Waals surface area contributed by atoms with Crippen LogP contribution < -0.4 is 10.2 Å². The number of rotatable bonds is 3. The lowest BCUT2D eigenvalue weighted by molar-refractivity contribution is -0.120. The Labute approximate surface area is 156 Å². The molecule has 1 saturated heterocycles. The topological polar surface area (TPSA) is 32.3 Å². The maximum atomic E-state index is 12.5. The van der Waals surface area contributed by atoms with Crippen LogP contribution in [0.2, 0.25) is 15.1 Å². The van der Waals surface area contributed by atoms with Gasteiger partial charge in [0.25, 0.3) is 0 Å². The second-order valence-corrected chi connectivity index (χ2v) is 7.13. The summed E-state index contributed by atoms with van der Waals surface area (Å²) in [7, 11) is 0. The van der Waals surface area contributed by atoms with Gasteiger partial charge in [-0.3, -0.25) is 4.79 Å². The van der Waals surface area contributed by atoms with Gasteiger partial charge in [0.2, 0.25) is 5.91 Å². The molecule has 1 aliphatic rings. The lowest BCUT2D eigenvalue weighted by atomic mass is 9.95. The Kier molecular flexibility index (Phi) is 5.54. The molecule has 1 fully saturated rings. The molecule has 3 rings (SSSR count). The van der Waals surface area contributed by atoms with Crippen LogP contribution in [0.4, 0.5) is 11.4 Å². The Morgan fingerprint density at radius 1 is 1.00 bits per heavy atom. The van der Waals surface area contributed by atoms with Crippen LogP contribution in [0.1, 0.15) is 12.8 Å². The van der Waals surface area contributed by atoms with E-state index in [0.29, 0.717) is 15.7 Å². The zero-order chi connectivity index (χ0) is 17.1. The third-order valence-electron chi connectivity index (χ3n) is 4.23. The number of nitrogens with one attached hydrogen (secondary N) is 1. The van der Waals surface area contributed by atoms with Crippen molar-refractivity contribution < 1.29 is 4.79 Å². The molecule has 0 aliphatic carbocycles. The molecule has 0 radical (unpaired) electrons. The van der Waals surface area contributed by atoms with Gasteiger partial charge in [-0.05, 0) is 49.2 Å². The van der Waals surface area contributed by atoms with Crippen molar-refractivity contribution in [1.29, 1.82) is 0 Å². The maximum absolute atomic E-state index is 12.5. The Morgan fingerprint density at radius 3 is 2.38 bits per heavy atom. The number of anilines is 2. The van der Waals surface area contributed by atoms with Crippen molar-refractivity contribution in [3.05, 3.63) is 57.5 Å². The van der Waals surface area contributed by atoms with Gasteiger partial charge in [-0.2, -0.15) is 0 Å². The number of benzene rings is 2. The fourth-order valence-corrected chi connectivity index (χ4v) is 3.54. The average molecular weight is 384 g/mol. The number of hydrogen-bond donors (Lipinski definition) is 1. The number of nitrogens with zero attached hydrogens (tertiary/aromatic N) is 1. The van der Waals surface area contributed by atoms with Crippen molar-refractivity contribution in [2.45, 2.75) is 12.8 Å². The van der Waals surface area contributed by atoms with Crippen LogP contribution in [0, 0.1) is 5.92 Å². The minimum Gasteiger partial charge on any atom is -0.371 e. The summed E-state index contributed by atoms with van der Waals surface area (Å²) in [5.74, 6) is -0.0165. The molecule has 24 heavy (non-hydrogen) atoms. The molecule has 2 aromatic rings. The van der Waals surface area contributed by atoms with Gasteiger partial charge in [-0.1, -0.05) is 40.9 Å². The van der Waals surface area contributed by atoms with E-state index in [1.807, 2.05) is 24.3 Å². The van der Waals surface area contributed by atoms with E-state index in [9.17, 15) is 4.79 Å². The third-order valence-corrected chi connectivity index (χ3v) is 5.01. The van der Waals surface area contributed by atoms with Crippen LogP contribution in [-0.4, -0.2) is 19.0 Å². The first kappa shape index (κ1) is 17.4. The molecule has 1 aliphatic heterocycles. The molecule has 0 saturated carbocycles. The molecule has 1 amide bonds. The predicted molar refractivity (Wildman–Crippen MR) is 101 cm³/mol. The van der Waals surface area contributed by atoms with Gasteiger partial charge < -0.3 is 10.2 Å². The van der Waals surface area contributed by atoms with E-state index in [1.54, 1.807) is 18.2 Å². The molecule has 1 N–H and O–H groups in total. The van der Waals surface area contributed by atoms with Crippen LogP contribution in [0.25, 0.3) is 0 Å². The van der Waals surface area contributed by atoms with Gasteiger partial charge >= 0.3 is 0 Å². The van der Waals surface area contributed by atoms with Crippen molar-refractivity contribution in [2.24, 2.45) is 5.92 Å². The van der Waals surface area contributed by atoms with E-state index in [2.05, 4.69) is 10.2 Å². The number of amides is 1. The highest BCUT2D eigenvalue weighted by Gasteiger charge is 2.25. The minimum atomic E-state index is -0.0211. The Morgan fingerprint density at radius 2 is 1.71 bits per heavy atom. The zero-order valence-corrected chi connectivity index (χ0v) is 15.2. The summed E-state index contributed by atoms with van der Waals surface area (Å²) in [4.78, 5) is 14.7. The molecule has 0 unspecified atom stereocenters. The number of carbonyl (C=O) groups is 1. The smallest absolute Gasteiger partial charge is 0.227 e. The number of halogens is 3. The van der Waals surface area contributed by atoms with Gasteiger partial charge in [0.15, 0.2) is 0 Å². The van der Waals surface area contributed by atoms with Crippen molar-refractivity contribution in [3.63, 3.8) is 0 Å². The molecule has 1 heterocycles. The van der Waals surface area contributed by atoms with Crippen LogP contribution >= 0.6 is 34.8 Å². The van der Waals surface area contributed by atoms with E-state index < -0.39 is 0 Å². The molecule has 0 atom stereocenters. The van der Waals surface area contributed by atoms with E-state index in [-0.39, 0.29) is 11.8 Å². The van der Waals surface area contributed by atoms with Gasteiger partial charge in [-0.25, -0.2) is 0 Å². The quantitative estimate of drug-likeness (QED) is 0.758. The lowest BCUT2D eigenvalue weighted by Crippen LogP contribution is -2.38.